The summed E-state index contributed by atoms with van der Waals surface area (Å²) < 4.78 is 65.7. The molecule has 1 aromatic heterocycles. The van der Waals surface area contributed by atoms with Crippen LogP contribution in [-0.4, -0.2) is 25.8 Å². The van der Waals surface area contributed by atoms with Crippen LogP contribution < -0.4 is 19.8 Å². The first-order valence-corrected chi connectivity index (χ1v) is 11.0. The lowest BCUT2D eigenvalue weighted by Gasteiger charge is -2.17. The SMILES string of the molecule is CCOc1cc(=O)n(C)cc1-c1cc(NS(C)(=O)=O)ccc1Oc1ccc(F)cc1F. The second-order valence-electron chi connectivity index (χ2n) is 6.70. The van der Waals surface area contributed by atoms with Gasteiger partial charge >= 0.3 is 0 Å². The van der Waals surface area contributed by atoms with E-state index in [0.717, 1.165) is 18.4 Å². The van der Waals surface area contributed by atoms with Crippen LogP contribution in [0.25, 0.3) is 11.1 Å². The summed E-state index contributed by atoms with van der Waals surface area (Å²) in [6, 6.07) is 8.51. The minimum absolute atomic E-state index is 0.143. The molecule has 1 heterocycles. The van der Waals surface area contributed by atoms with E-state index in [2.05, 4.69) is 4.72 Å². The molecule has 0 saturated heterocycles. The van der Waals surface area contributed by atoms with Crippen molar-refractivity contribution in [1.29, 1.82) is 0 Å². The van der Waals surface area contributed by atoms with Gasteiger partial charge in [-0.2, -0.15) is 0 Å². The molecule has 10 heteroatoms. The topological polar surface area (TPSA) is 86.6 Å². The number of nitrogens with zero attached hydrogens (tertiary/aromatic N) is 1. The maximum atomic E-state index is 14.2. The molecular weight excluding hydrogens is 430 g/mol. The van der Waals surface area contributed by atoms with E-state index in [1.54, 1.807) is 14.0 Å². The third kappa shape index (κ3) is 5.40. The van der Waals surface area contributed by atoms with Gasteiger partial charge in [-0.05, 0) is 37.3 Å². The summed E-state index contributed by atoms with van der Waals surface area (Å²) in [4.78, 5) is 12.1. The van der Waals surface area contributed by atoms with Crippen molar-refractivity contribution < 1.29 is 26.7 Å². The van der Waals surface area contributed by atoms with Gasteiger partial charge in [-0.3, -0.25) is 9.52 Å². The van der Waals surface area contributed by atoms with Crippen molar-refractivity contribution in [2.24, 2.45) is 7.05 Å². The van der Waals surface area contributed by atoms with Crippen LogP contribution in [0.2, 0.25) is 0 Å². The summed E-state index contributed by atoms with van der Waals surface area (Å²) in [7, 11) is -2.03. The summed E-state index contributed by atoms with van der Waals surface area (Å²) in [5.74, 6) is -1.51. The number of sulfonamides is 1. The van der Waals surface area contributed by atoms with Crippen LogP contribution in [0.1, 0.15) is 6.92 Å². The summed E-state index contributed by atoms with van der Waals surface area (Å²) in [6.45, 7) is 2.01. The molecule has 164 valence electrons. The number of nitrogens with one attached hydrogen (secondary N) is 1. The summed E-state index contributed by atoms with van der Waals surface area (Å²) in [5.41, 5.74) is 0.653. The molecular formula is C21H20F2N2O5S. The number of rotatable bonds is 7. The van der Waals surface area contributed by atoms with Crippen molar-refractivity contribution in [3.63, 3.8) is 0 Å². The van der Waals surface area contributed by atoms with Gasteiger partial charge in [-0.25, -0.2) is 17.2 Å². The lowest BCUT2D eigenvalue weighted by molar-refractivity contribution is 0.340. The van der Waals surface area contributed by atoms with Crippen molar-refractivity contribution >= 4 is 15.7 Å². The summed E-state index contributed by atoms with van der Waals surface area (Å²) in [6.07, 6.45) is 2.50. The Morgan fingerprint density at radius 2 is 1.71 bits per heavy atom. The first-order valence-electron chi connectivity index (χ1n) is 9.16. The lowest BCUT2D eigenvalue weighted by atomic mass is 10.0. The van der Waals surface area contributed by atoms with Gasteiger partial charge in [0.25, 0.3) is 5.56 Å². The predicted molar refractivity (Wildman–Crippen MR) is 113 cm³/mol. The fraction of sp³-hybridized carbons (Fsp3) is 0.190. The molecule has 0 radical (unpaired) electrons. The number of benzene rings is 2. The third-order valence-electron chi connectivity index (χ3n) is 4.18. The quantitative estimate of drug-likeness (QED) is 0.590. The fourth-order valence-corrected chi connectivity index (χ4v) is 3.43. The number of ether oxygens (including phenoxy) is 2. The average Bonchev–Trinajstić information content (AvgIpc) is 2.67. The molecule has 3 rings (SSSR count). The average molecular weight is 450 g/mol. The van der Waals surface area contributed by atoms with Crippen LogP contribution >= 0.6 is 0 Å². The Kier molecular flexibility index (Phi) is 6.30. The van der Waals surface area contributed by atoms with E-state index in [1.165, 1.54) is 35.0 Å². The zero-order valence-corrected chi connectivity index (χ0v) is 17.8. The van der Waals surface area contributed by atoms with Crippen LogP contribution in [0.15, 0.2) is 53.5 Å². The standard InChI is InChI=1S/C21H20F2N2O5S/c1-4-29-20-11-21(26)25(2)12-16(20)15-10-14(24-31(3,27)28)6-8-18(15)30-19-7-5-13(22)9-17(19)23/h5-12,24H,4H2,1-3H3. The molecule has 1 N–H and O–H groups in total. The Balaban J connectivity index is 2.21. The van der Waals surface area contributed by atoms with Crippen LogP contribution in [0.3, 0.4) is 0 Å². The van der Waals surface area contributed by atoms with Crippen LogP contribution in [-0.2, 0) is 17.1 Å². The van der Waals surface area contributed by atoms with Crippen molar-refractivity contribution in [2.75, 3.05) is 17.6 Å². The Labute approximate surface area is 177 Å². The monoisotopic (exact) mass is 450 g/mol. The van der Waals surface area contributed by atoms with Gasteiger partial charge in [0.15, 0.2) is 11.6 Å². The van der Waals surface area contributed by atoms with Crippen molar-refractivity contribution in [2.45, 2.75) is 6.92 Å². The maximum absolute atomic E-state index is 14.2. The number of anilines is 1. The fourth-order valence-electron chi connectivity index (χ4n) is 2.87. The number of aromatic nitrogens is 1. The Morgan fingerprint density at radius 3 is 2.35 bits per heavy atom. The molecule has 31 heavy (non-hydrogen) atoms. The molecule has 2 aromatic carbocycles. The molecule has 0 amide bonds. The summed E-state index contributed by atoms with van der Waals surface area (Å²) in [5, 5.41) is 0. The highest BCUT2D eigenvalue weighted by Crippen LogP contribution is 2.40. The Hall–Kier alpha value is -3.40. The zero-order chi connectivity index (χ0) is 22.8. The highest BCUT2D eigenvalue weighted by atomic mass is 32.2. The minimum Gasteiger partial charge on any atom is -0.493 e. The third-order valence-corrected chi connectivity index (χ3v) is 4.78. The largest absolute Gasteiger partial charge is 0.493 e. The van der Waals surface area contributed by atoms with Gasteiger partial charge in [0.1, 0.15) is 17.3 Å². The second-order valence-corrected chi connectivity index (χ2v) is 8.44. The number of hydrogen-bond acceptors (Lipinski definition) is 5. The van der Waals surface area contributed by atoms with Gasteiger partial charge in [0, 0.05) is 42.2 Å². The van der Waals surface area contributed by atoms with E-state index >= 15 is 0 Å². The van der Waals surface area contributed by atoms with E-state index in [0.29, 0.717) is 17.2 Å². The normalized spacial score (nSPS) is 11.3. The van der Waals surface area contributed by atoms with Crippen molar-refractivity contribution in [3.05, 3.63) is 70.6 Å². The predicted octanol–water partition coefficient (Wildman–Crippen LogP) is 3.89. The molecule has 0 aliphatic heterocycles. The zero-order valence-electron chi connectivity index (χ0n) is 17.0. The van der Waals surface area contributed by atoms with Crippen molar-refractivity contribution in [1.82, 2.24) is 4.57 Å². The highest BCUT2D eigenvalue weighted by Gasteiger charge is 2.18. The van der Waals surface area contributed by atoms with E-state index < -0.39 is 21.7 Å². The molecule has 0 bridgehead atoms. The van der Waals surface area contributed by atoms with Crippen LogP contribution in [0, 0.1) is 11.6 Å². The minimum atomic E-state index is -3.57. The number of aryl methyl sites for hydroxylation is 1. The van der Waals surface area contributed by atoms with E-state index in [9.17, 15) is 22.0 Å². The van der Waals surface area contributed by atoms with Crippen LogP contribution in [0.5, 0.6) is 17.2 Å². The van der Waals surface area contributed by atoms with Gasteiger partial charge in [-0.15, -0.1) is 0 Å². The second kappa shape index (κ2) is 8.76. The maximum Gasteiger partial charge on any atom is 0.254 e. The first kappa shape index (κ1) is 22.3. The lowest BCUT2D eigenvalue weighted by Crippen LogP contribution is -2.16. The highest BCUT2D eigenvalue weighted by molar-refractivity contribution is 7.92. The van der Waals surface area contributed by atoms with E-state index in [4.69, 9.17) is 9.47 Å². The van der Waals surface area contributed by atoms with Gasteiger partial charge in [0.2, 0.25) is 10.0 Å². The molecule has 0 aliphatic carbocycles. The molecule has 0 spiro atoms. The first-order chi connectivity index (χ1) is 14.6. The number of hydrogen-bond donors (Lipinski definition) is 1. The number of halogens is 2. The van der Waals surface area contributed by atoms with Crippen molar-refractivity contribution in [3.8, 4) is 28.4 Å². The molecule has 0 saturated carbocycles. The van der Waals surface area contributed by atoms with E-state index in [-0.39, 0.29) is 35.1 Å². The molecule has 7 nitrogen and oxygen atoms in total. The smallest absolute Gasteiger partial charge is 0.254 e. The number of pyridine rings is 1. The van der Waals surface area contributed by atoms with Gasteiger partial charge in [0.05, 0.1) is 12.9 Å². The van der Waals surface area contributed by atoms with E-state index in [1.807, 2.05) is 0 Å². The molecule has 0 fully saturated rings. The molecule has 0 aliphatic rings. The molecule has 0 atom stereocenters. The Morgan fingerprint density at radius 1 is 1.00 bits per heavy atom. The molecule has 0 unspecified atom stereocenters. The summed E-state index contributed by atoms with van der Waals surface area (Å²) >= 11 is 0. The molecule has 3 aromatic rings. The Bertz CT molecular complexity index is 1290. The van der Waals surface area contributed by atoms with Crippen LogP contribution in [0.4, 0.5) is 14.5 Å². The van der Waals surface area contributed by atoms with Gasteiger partial charge < -0.3 is 14.0 Å². The van der Waals surface area contributed by atoms with Gasteiger partial charge in [-0.1, -0.05) is 0 Å².